The number of esters is 1. The van der Waals surface area contributed by atoms with E-state index in [1.165, 1.54) is 0 Å². The number of benzene rings is 3. The number of carbonyl (C=O) groups is 2. The Morgan fingerprint density at radius 3 is 2.41 bits per heavy atom. The van der Waals surface area contributed by atoms with Crippen LogP contribution in [0.4, 0.5) is 4.79 Å². The molecule has 0 saturated carbocycles. The molecule has 9 nitrogen and oxygen atoms in total. The van der Waals surface area contributed by atoms with Gasteiger partial charge in [0.1, 0.15) is 6.54 Å². The quantitative estimate of drug-likeness (QED) is 0.184. The van der Waals surface area contributed by atoms with Crippen LogP contribution in [0.1, 0.15) is 48.5 Å². The van der Waals surface area contributed by atoms with Crippen LogP contribution >= 0.6 is 0 Å². The summed E-state index contributed by atoms with van der Waals surface area (Å²) in [6.45, 7) is 9.59. The average Bonchev–Trinajstić information content (AvgIpc) is 3.04. The van der Waals surface area contributed by atoms with E-state index in [1.807, 2.05) is 72.8 Å². The lowest BCUT2D eigenvalue weighted by atomic mass is 9.90. The summed E-state index contributed by atoms with van der Waals surface area (Å²) in [6.07, 6.45) is 1.02. The van der Waals surface area contributed by atoms with Gasteiger partial charge in [0.25, 0.3) is 0 Å². The van der Waals surface area contributed by atoms with E-state index in [2.05, 4.69) is 42.2 Å². The van der Waals surface area contributed by atoms with Gasteiger partial charge in [-0.15, -0.1) is 6.58 Å². The zero-order valence-electron chi connectivity index (χ0n) is 25.7. The molecule has 1 heterocycles. The molecule has 3 N–H and O–H groups in total. The molecule has 1 aliphatic rings. The highest BCUT2D eigenvalue weighted by Crippen LogP contribution is 2.42. The molecule has 9 heteroatoms. The van der Waals surface area contributed by atoms with Crippen LogP contribution in [0.25, 0.3) is 11.1 Å². The predicted octanol–water partition coefficient (Wildman–Crippen LogP) is 5.12. The van der Waals surface area contributed by atoms with E-state index in [0.29, 0.717) is 6.54 Å². The molecule has 4 rings (SSSR count). The number of nitrogens with zero attached hydrogens (tertiary/aromatic N) is 1. The molecule has 0 spiro atoms. The van der Waals surface area contributed by atoms with Crippen molar-refractivity contribution in [2.45, 2.75) is 45.5 Å². The second-order valence-electron chi connectivity index (χ2n) is 11.0. The average molecular weight is 602 g/mol. The highest BCUT2D eigenvalue weighted by Gasteiger charge is 2.38. The summed E-state index contributed by atoms with van der Waals surface area (Å²) in [5, 5.41) is 14.8. The number of amides is 2. The van der Waals surface area contributed by atoms with Gasteiger partial charge < -0.3 is 34.9 Å². The van der Waals surface area contributed by atoms with Crippen LogP contribution in [0, 0.1) is 5.92 Å². The van der Waals surface area contributed by atoms with Gasteiger partial charge in [0.15, 0.2) is 6.29 Å². The Morgan fingerprint density at radius 1 is 0.977 bits per heavy atom. The molecular formula is C35H43N3O6. The van der Waals surface area contributed by atoms with Gasteiger partial charge in [-0.2, -0.15) is 0 Å². The SMILES string of the molecule is C=CCN(C)C[C@H]1O[C@@H](c2cccc(-c3cccc(CNC(=O)NCC(=O)OCC)c3)c2)O[C@@H](c2ccc(CO)cc2)[C@H]1C. The first-order valence-electron chi connectivity index (χ1n) is 15.0. The number of likely N-dealkylation sites (N-methyl/N-ethyl adjacent to an activating group) is 1. The first kappa shape index (κ1) is 32.9. The molecule has 2 amide bonds. The Balaban J connectivity index is 1.51. The second kappa shape index (κ2) is 16.2. The fraction of sp³-hybridized carbons (Fsp3) is 0.371. The Hall–Kier alpha value is -4.02. The van der Waals surface area contributed by atoms with Crippen LogP contribution < -0.4 is 10.6 Å². The van der Waals surface area contributed by atoms with Crippen molar-refractivity contribution >= 4 is 12.0 Å². The minimum Gasteiger partial charge on any atom is -0.465 e. The largest absolute Gasteiger partial charge is 0.465 e. The van der Waals surface area contributed by atoms with Gasteiger partial charge in [0.05, 0.1) is 25.4 Å². The predicted molar refractivity (Wildman–Crippen MR) is 169 cm³/mol. The fourth-order valence-corrected chi connectivity index (χ4v) is 5.27. The Kier molecular flexibility index (Phi) is 12.1. The van der Waals surface area contributed by atoms with Crippen LogP contribution in [0.5, 0.6) is 0 Å². The third kappa shape index (κ3) is 9.00. The molecule has 1 aliphatic heterocycles. The van der Waals surface area contributed by atoms with Gasteiger partial charge in [-0.25, -0.2) is 4.79 Å². The minimum absolute atomic E-state index is 0.00516. The van der Waals surface area contributed by atoms with Gasteiger partial charge >= 0.3 is 12.0 Å². The summed E-state index contributed by atoms with van der Waals surface area (Å²) in [7, 11) is 2.06. The van der Waals surface area contributed by atoms with Crippen LogP contribution in [0.15, 0.2) is 85.5 Å². The number of carbonyl (C=O) groups excluding carboxylic acids is 2. The van der Waals surface area contributed by atoms with E-state index < -0.39 is 18.3 Å². The van der Waals surface area contributed by atoms with Crippen LogP contribution in [0.2, 0.25) is 0 Å². The molecular weight excluding hydrogens is 558 g/mol. The monoisotopic (exact) mass is 601 g/mol. The van der Waals surface area contributed by atoms with E-state index in [4.69, 9.17) is 14.2 Å². The van der Waals surface area contributed by atoms with Gasteiger partial charge in [0.2, 0.25) is 0 Å². The normalized spacial score (nSPS) is 19.8. The van der Waals surface area contributed by atoms with Crippen molar-refractivity contribution in [1.82, 2.24) is 15.5 Å². The molecule has 0 bridgehead atoms. The van der Waals surface area contributed by atoms with E-state index >= 15 is 0 Å². The summed E-state index contributed by atoms with van der Waals surface area (Å²) in [6, 6.07) is 23.5. The van der Waals surface area contributed by atoms with Crippen molar-refractivity contribution < 1.29 is 28.9 Å². The zero-order valence-corrected chi connectivity index (χ0v) is 25.7. The smallest absolute Gasteiger partial charge is 0.325 e. The third-order valence-electron chi connectivity index (χ3n) is 7.63. The number of urea groups is 1. The van der Waals surface area contributed by atoms with E-state index in [1.54, 1.807) is 6.92 Å². The van der Waals surface area contributed by atoms with Crippen molar-refractivity contribution in [2.75, 3.05) is 33.3 Å². The Bertz CT molecular complexity index is 1400. The van der Waals surface area contributed by atoms with Gasteiger partial charge in [0, 0.05) is 31.1 Å². The zero-order chi connectivity index (χ0) is 31.5. The topological polar surface area (TPSA) is 109 Å². The second-order valence-corrected chi connectivity index (χ2v) is 11.0. The lowest BCUT2D eigenvalue weighted by molar-refractivity contribution is -0.275. The lowest BCUT2D eigenvalue weighted by Gasteiger charge is -2.42. The highest BCUT2D eigenvalue weighted by atomic mass is 16.7. The van der Waals surface area contributed by atoms with Gasteiger partial charge in [-0.05, 0) is 53.9 Å². The molecule has 44 heavy (non-hydrogen) atoms. The number of ether oxygens (including phenoxy) is 3. The molecule has 4 atom stereocenters. The van der Waals surface area contributed by atoms with Crippen LogP contribution in [-0.4, -0.2) is 61.4 Å². The third-order valence-corrected chi connectivity index (χ3v) is 7.63. The van der Waals surface area contributed by atoms with E-state index in [-0.39, 0.29) is 37.9 Å². The summed E-state index contributed by atoms with van der Waals surface area (Å²) >= 11 is 0. The summed E-state index contributed by atoms with van der Waals surface area (Å²) in [4.78, 5) is 25.8. The summed E-state index contributed by atoms with van der Waals surface area (Å²) in [5.41, 5.74) is 5.70. The molecule has 1 saturated heterocycles. The minimum atomic E-state index is -0.580. The number of rotatable bonds is 13. The van der Waals surface area contributed by atoms with Crippen molar-refractivity contribution in [3.8, 4) is 11.1 Å². The number of hydrogen-bond acceptors (Lipinski definition) is 7. The van der Waals surface area contributed by atoms with Crippen LogP contribution in [-0.2, 0) is 32.2 Å². The molecule has 234 valence electrons. The molecule has 0 unspecified atom stereocenters. The maximum atomic E-state index is 12.1. The molecule has 1 fully saturated rings. The van der Waals surface area contributed by atoms with Crippen molar-refractivity contribution in [2.24, 2.45) is 5.92 Å². The maximum Gasteiger partial charge on any atom is 0.325 e. The number of aliphatic hydroxyl groups excluding tert-OH is 1. The lowest BCUT2D eigenvalue weighted by Crippen LogP contribution is -2.43. The standard InChI is InChI=1S/C35H43N3O6/c1-5-17-38(4)22-31-24(3)33(27-15-13-25(23-39)14-16-27)44-34(43-31)30-12-8-11-29(19-30)28-10-7-9-26(18-28)20-36-35(41)37-21-32(40)42-6-2/h5,7-16,18-19,24,31,33-34,39H,1,6,17,20-23H2,2-4H3,(H2,36,37,41)/t24-,31+,33+,34+/m0/s1. The summed E-state index contributed by atoms with van der Waals surface area (Å²) < 4.78 is 18.1. The number of hydrogen-bond donors (Lipinski definition) is 3. The first-order chi connectivity index (χ1) is 21.3. The van der Waals surface area contributed by atoms with Crippen LogP contribution in [0.3, 0.4) is 0 Å². The molecule has 0 aromatic heterocycles. The van der Waals surface area contributed by atoms with E-state index in [9.17, 15) is 14.7 Å². The van der Waals surface area contributed by atoms with Gasteiger partial charge in [-0.3, -0.25) is 4.79 Å². The number of aliphatic hydroxyl groups is 1. The highest BCUT2D eigenvalue weighted by molar-refractivity contribution is 5.80. The van der Waals surface area contributed by atoms with E-state index in [0.717, 1.165) is 46.5 Å². The van der Waals surface area contributed by atoms with Crippen molar-refractivity contribution in [3.63, 3.8) is 0 Å². The Labute approximate surface area is 259 Å². The van der Waals surface area contributed by atoms with Gasteiger partial charge in [-0.1, -0.05) is 73.7 Å². The number of nitrogens with one attached hydrogen (secondary N) is 2. The summed E-state index contributed by atoms with van der Waals surface area (Å²) in [5.74, 6) is -0.397. The Morgan fingerprint density at radius 2 is 1.70 bits per heavy atom. The molecule has 3 aromatic rings. The van der Waals surface area contributed by atoms with Crippen molar-refractivity contribution in [3.05, 3.63) is 108 Å². The maximum absolute atomic E-state index is 12.1. The molecule has 3 aromatic carbocycles. The molecule has 0 radical (unpaired) electrons. The fourth-order valence-electron chi connectivity index (χ4n) is 5.27. The molecule has 0 aliphatic carbocycles. The first-order valence-corrected chi connectivity index (χ1v) is 15.0. The van der Waals surface area contributed by atoms with Crippen molar-refractivity contribution in [1.29, 1.82) is 0 Å².